The van der Waals surface area contributed by atoms with E-state index in [-0.39, 0.29) is 22.9 Å². The van der Waals surface area contributed by atoms with Crippen LogP contribution in [0.2, 0.25) is 0 Å². The molecule has 138 valence electrons. The van der Waals surface area contributed by atoms with Crippen molar-refractivity contribution in [1.82, 2.24) is 9.21 Å². The fraction of sp³-hybridized carbons (Fsp3) is 0.611. The standard InChI is InChI=1S/C18H26N2O4S/c1-14-5-3-6-15(2)20(14)25(22,23)17-8-4-7-16(13-17)18(21)19-9-11-24-12-10-19/h4,7-8,13-15H,3,5-6,9-12H2,1-2H3. The number of sulfonamides is 1. The van der Waals surface area contributed by atoms with Crippen molar-refractivity contribution in [2.24, 2.45) is 0 Å². The molecule has 0 aliphatic carbocycles. The molecule has 0 radical (unpaired) electrons. The molecular weight excluding hydrogens is 340 g/mol. The number of ether oxygens (including phenoxy) is 1. The Balaban J connectivity index is 1.88. The van der Waals surface area contributed by atoms with E-state index in [4.69, 9.17) is 4.74 Å². The van der Waals surface area contributed by atoms with E-state index in [1.807, 2.05) is 13.8 Å². The van der Waals surface area contributed by atoms with Gasteiger partial charge in [0.15, 0.2) is 0 Å². The van der Waals surface area contributed by atoms with Crippen LogP contribution in [0.1, 0.15) is 43.5 Å². The van der Waals surface area contributed by atoms with Crippen LogP contribution in [0.15, 0.2) is 29.2 Å². The molecule has 0 aromatic heterocycles. The molecule has 3 rings (SSSR count). The second kappa shape index (κ2) is 7.43. The van der Waals surface area contributed by atoms with Crippen molar-refractivity contribution >= 4 is 15.9 Å². The molecule has 2 fully saturated rings. The van der Waals surface area contributed by atoms with Crippen LogP contribution in [-0.4, -0.2) is 61.9 Å². The van der Waals surface area contributed by atoms with Gasteiger partial charge in [0.25, 0.3) is 5.91 Å². The summed E-state index contributed by atoms with van der Waals surface area (Å²) in [6.45, 7) is 6.02. The van der Waals surface area contributed by atoms with E-state index >= 15 is 0 Å². The number of nitrogens with zero attached hydrogens (tertiary/aromatic N) is 2. The first-order valence-corrected chi connectivity index (χ1v) is 10.4. The molecule has 2 aliphatic rings. The van der Waals surface area contributed by atoms with Crippen molar-refractivity contribution in [2.45, 2.75) is 50.1 Å². The Morgan fingerprint density at radius 2 is 1.76 bits per heavy atom. The zero-order valence-electron chi connectivity index (χ0n) is 14.8. The summed E-state index contributed by atoms with van der Waals surface area (Å²) in [6, 6.07) is 6.39. The van der Waals surface area contributed by atoms with Gasteiger partial charge in [0, 0.05) is 30.7 Å². The highest BCUT2D eigenvalue weighted by atomic mass is 32.2. The highest BCUT2D eigenvalue weighted by Gasteiger charge is 2.36. The van der Waals surface area contributed by atoms with Crippen LogP contribution in [0.3, 0.4) is 0 Å². The van der Waals surface area contributed by atoms with Gasteiger partial charge < -0.3 is 9.64 Å². The summed E-state index contributed by atoms with van der Waals surface area (Å²) in [5.74, 6) is -0.139. The molecule has 1 amide bonds. The predicted octanol–water partition coefficient (Wildman–Crippen LogP) is 2.11. The molecule has 2 unspecified atom stereocenters. The molecule has 6 nitrogen and oxygen atoms in total. The lowest BCUT2D eigenvalue weighted by Crippen LogP contribution is -2.47. The van der Waals surface area contributed by atoms with Gasteiger partial charge in [-0.1, -0.05) is 12.5 Å². The molecule has 0 spiro atoms. The molecule has 1 aromatic carbocycles. The number of carbonyl (C=O) groups excluding carboxylic acids is 1. The van der Waals surface area contributed by atoms with Gasteiger partial charge in [0.05, 0.1) is 18.1 Å². The molecule has 2 atom stereocenters. The normalized spacial score (nSPS) is 25.8. The molecule has 2 aliphatic heterocycles. The zero-order valence-corrected chi connectivity index (χ0v) is 15.7. The van der Waals surface area contributed by atoms with E-state index in [0.717, 1.165) is 19.3 Å². The van der Waals surface area contributed by atoms with Gasteiger partial charge in [-0.25, -0.2) is 8.42 Å². The Morgan fingerprint density at radius 3 is 2.40 bits per heavy atom. The van der Waals surface area contributed by atoms with Gasteiger partial charge in [0.2, 0.25) is 10.0 Å². The zero-order chi connectivity index (χ0) is 18.0. The lowest BCUT2D eigenvalue weighted by molar-refractivity contribution is 0.0302. The Kier molecular flexibility index (Phi) is 5.46. The number of piperidine rings is 1. The number of morpholine rings is 1. The summed E-state index contributed by atoms with van der Waals surface area (Å²) >= 11 is 0. The van der Waals surface area contributed by atoms with Crippen molar-refractivity contribution in [3.05, 3.63) is 29.8 Å². The molecule has 0 saturated carbocycles. The summed E-state index contributed by atoms with van der Waals surface area (Å²) in [5.41, 5.74) is 0.417. The maximum Gasteiger partial charge on any atom is 0.254 e. The summed E-state index contributed by atoms with van der Waals surface area (Å²) in [5, 5.41) is 0. The number of rotatable bonds is 3. The minimum Gasteiger partial charge on any atom is -0.378 e. The molecule has 2 saturated heterocycles. The van der Waals surface area contributed by atoms with E-state index in [1.165, 1.54) is 6.07 Å². The number of amides is 1. The Bertz CT molecular complexity index is 718. The molecular formula is C18H26N2O4S. The van der Waals surface area contributed by atoms with E-state index in [2.05, 4.69) is 0 Å². The average molecular weight is 366 g/mol. The molecule has 0 N–H and O–H groups in total. The quantitative estimate of drug-likeness (QED) is 0.822. The topological polar surface area (TPSA) is 66.9 Å². The third kappa shape index (κ3) is 3.73. The first kappa shape index (κ1) is 18.4. The maximum absolute atomic E-state index is 13.1. The second-order valence-corrected chi connectivity index (χ2v) is 8.74. The van der Waals surface area contributed by atoms with Crippen molar-refractivity contribution < 1.29 is 17.9 Å². The third-order valence-corrected chi connectivity index (χ3v) is 7.19. The van der Waals surface area contributed by atoms with Crippen LogP contribution in [-0.2, 0) is 14.8 Å². The number of carbonyl (C=O) groups is 1. The van der Waals surface area contributed by atoms with Crippen molar-refractivity contribution in [3.8, 4) is 0 Å². The van der Waals surface area contributed by atoms with Crippen LogP contribution < -0.4 is 0 Å². The van der Waals surface area contributed by atoms with Gasteiger partial charge in [-0.15, -0.1) is 0 Å². The summed E-state index contributed by atoms with van der Waals surface area (Å²) < 4.78 is 33.2. The maximum atomic E-state index is 13.1. The van der Waals surface area contributed by atoms with Gasteiger partial charge in [-0.05, 0) is 44.9 Å². The van der Waals surface area contributed by atoms with Crippen molar-refractivity contribution in [2.75, 3.05) is 26.3 Å². The fourth-order valence-corrected chi connectivity index (χ4v) is 5.66. The smallest absolute Gasteiger partial charge is 0.254 e. The summed E-state index contributed by atoms with van der Waals surface area (Å²) in [7, 11) is -3.61. The average Bonchev–Trinajstić information content (AvgIpc) is 2.61. The molecule has 25 heavy (non-hydrogen) atoms. The first-order chi connectivity index (χ1) is 11.9. The fourth-order valence-electron chi connectivity index (χ4n) is 3.73. The van der Waals surface area contributed by atoms with Crippen LogP contribution in [0, 0.1) is 0 Å². The lowest BCUT2D eigenvalue weighted by atomic mass is 10.0. The van der Waals surface area contributed by atoms with Crippen molar-refractivity contribution in [1.29, 1.82) is 0 Å². The lowest BCUT2D eigenvalue weighted by Gasteiger charge is -2.37. The molecule has 7 heteroatoms. The molecule has 1 aromatic rings. The molecule has 0 bridgehead atoms. The number of hydrogen-bond acceptors (Lipinski definition) is 4. The van der Waals surface area contributed by atoms with Gasteiger partial charge in [0.1, 0.15) is 0 Å². The predicted molar refractivity (Wildman–Crippen MR) is 95.0 cm³/mol. The van der Waals surface area contributed by atoms with E-state index in [1.54, 1.807) is 27.4 Å². The Morgan fingerprint density at radius 1 is 1.12 bits per heavy atom. The van der Waals surface area contributed by atoms with Crippen LogP contribution in [0.25, 0.3) is 0 Å². The van der Waals surface area contributed by atoms with E-state index in [9.17, 15) is 13.2 Å². The van der Waals surface area contributed by atoms with Crippen molar-refractivity contribution in [3.63, 3.8) is 0 Å². The van der Waals surface area contributed by atoms with Crippen LogP contribution in [0.5, 0.6) is 0 Å². The minimum atomic E-state index is -3.61. The largest absolute Gasteiger partial charge is 0.378 e. The SMILES string of the molecule is CC1CCCC(C)N1S(=O)(=O)c1cccc(C(=O)N2CCOCC2)c1. The van der Waals surface area contributed by atoms with Crippen LogP contribution >= 0.6 is 0 Å². The summed E-state index contributed by atoms with van der Waals surface area (Å²) in [6.07, 6.45) is 2.79. The van der Waals surface area contributed by atoms with Gasteiger partial charge in [-0.2, -0.15) is 4.31 Å². The van der Waals surface area contributed by atoms with Crippen LogP contribution in [0.4, 0.5) is 0 Å². The Hall–Kier alpha value is -1.44. The van der Waals surface area contributed by atoms with Gasteiger partial charge in [-0.3, -0.25) is 4.79 Å². The number of benzene rings is 1. The highest BCUT2D eigenvalue weighted by molar-refractivity contribution is 7.89. The first-order valence-electron chi connectivity index (χ1n) is 8.92. The van der Waals surface area contributed by atoms with E-state index in [0.29, 0.717) is 31.9 Å². The Labute approximate surface area is 149 Å². The minimum absolute atomic E-state index is 0.0210. The van der Waals surface area contributed by atoms with Gasteiger partial charge >= 0.3 is 0 Å². The molecule has 2 heterocycles. The number of hydrogen-bond donors (Lipinski definition) is 0. The highest BCUT2D eigenvalue weighted by Crippen LogP contribution is 2.29. The second-order valence-electron chi connectivity index (χ2n) is 6.90. The summed E-state index contributed by atoms with van der Waals surface area (Å²) in [4.78, 5) is 14.6. The van der Waals surface area contributed by atoms with E-state index < -0.39 is 10.0 Å². The third-order valence-electron chi connectivity index (χ3n) is 5.07. The monoisotopic (exact) mass is 366 g/mol.